The lowest BCUT2D eigenvalue weighted by Gasteiger charge is -2.27. The average molecular weight is 444 g/mol. The molecule has 0 spiro atoms. The molecule has 2 aliphatic rings. The van der Waals surface area contributed by atoms with Crippen molar-refractivity contribution in [1.29, 1.82) is 0 Å². The number of hydrogen-bond acceptors (Lipinski definition) is 7. The molecule has 8 nitrogen and oxygen atoms in total. The van der Waals surface area contributed by atoms with E-state index in [4.69, 9.17) is 14.6 Å². The Balaban J connectivity index is 0.000000318. The number of anilines is 1. The van der Waals surface area contributed by atoms with Crippen molar-refractivity contribution in [3.63, 3.8) is 0 Å². The van der Waals surface area contributed by atoms with Crippen LogP contribution >= 0.6 is 11.3 Å². The number of hydrogen-bond donors (Lipinski definition) is 2. The fourth-order valence-corrected chi connectivity index (χ4v) is 4.08. The summed E-state index contributed by atoms with van der Waals surface area (Å²) in [6.45, 7) is 3.71. The lowest BCUT2D eigenvalue weighted by atomic mass is 9.81. The van der Waals surface area contributed by atoms with Crippen LogP contribution < -0.4 is 10.2 Å². The van der Waals surface area contributed by atoms with Gasteiger partial charge in [0, 0.05) is 54.3 Å². The van der Waals surface area contributed by atoms with Crippen LogP contribution in [-0.2, 0) is 9.53 Å². The highest BCUT2D eigenvalue weighted by atomic mass is 32.1. The second-order valence-corrected chi connectivity index (χ2v) is 7.78. The van der Waals surface area contributed by atoms with Gasteiger partial charge in [-0.05, 0) is 17.5 Å². The molecule has 2 saturated heterocycles. The first-order chi connectivity index (χ1) is 14.2. The van der Waals surface area contributed by atoms with Gasteiger partial charge in [-0.2, -0.15) is 24.5 Å². The van der Waals surface area contributed by atoms with Gasteiger partial charge in [-0.3, -0.25) is 4.79 Å². The van der Waals surface area contributed by atoms with Crippen LogP contribution in [0.4, 0.5) is 19.1 Å². The molecule has 0 saturated carbocycles. The van der Waals surface area contributed by atoms with Crippen LogP contribution in [-0.4, -0.2) is 66.0 Å². The van der Waals surface area contributed by atoms with Crippen LogP contribution in [0.25, 0.3) is 0 Å². The number of carbonyl (C=O) groups is 2. The second kappa shape index (κ2) is 8.96. The summed E-state index contributed by atoms with van der Waals surface area (Å²) < 4.78 is 37.4. The summed E-state index contributed by atoms with van der Waals surface area (Å²) in [6.07, 6.45) is -1.56. The Hall–Kier alpha value is -2.73. The summed E-state index contributed by atoms with van der Waals surface area (Å²) in [7, 11) is 0. The van der Waals surface area contributed by atoms with Crippen LogP contribution in [0.3, 0.4) is 0 Å². The molecule has 0 aromatic carbocycles. The van der Waals surface area contributed by atoms with E-state index in [1.807, 2.05) is 22.9 Å². The fraction of sp³-hybridized carbons (Fsp3) is 0.444. The number of alkyl halides is 3. The smallest absolute Gasteiger partial charge is 0.475 e. The molecule has 0 unspecified atom stereocenters. The summed E-state index contributed by atoms with van der Waals surface area (Å²) in [5.74, 6) is -1.62. The number of nitrogens with zero attached hydrogens (tertiary/aromatic N) is 3. The maximum atomic E-state index is 12.2. The zero-order valence-electron chi connectivity index (χ0n) is 15.6. The Morgan fingerprint density at radius 1 is 1.37 bits per heavy atom. The summed E-state index contributed by atoms with van der Waals surface area (Å²) in [5, 5.41) is 14.0. The summed E-state index contributed by atoms with van der Waals surface area (Å²) in [6, 6.07) is 3.67. The van der Waals surface area contributed by atoms with Crippen molar-refractivity contribution < 1.29 is 32.6 Å². The highest BCUT2D eigenvalue weighted by molar-refractivity contribution is 7.08. The standard InChI is InChI=1S/C16H18N4O2S.C2HF3O2/c21-14(12-2-5-23-8-12)19-9-16-10-20(6-13(16)7-22-11-16)15-17-3-1-4-18-15;3-2(4,5)1(6)7/h1-5,8,13H,6-7,9-11H2,(H,19,21);(H,6,7)/t13-,16+;/m1./s1. The quantitative estimate of drug-likeness (QED) is 0.744. The van der Waals surface area contributed by atoms with Gasteiger partial charge >= 0.3 is 12.1 Å². The monoisotopic (exact) mass is 444 g/mol. The predicted molar refractivity (Wildman–Crippen MR) is 101 cm³/mol. The molecule has 4 rings (SSSR count). The lowest BCUT2D eigenvalue weighted by molar-refractivity contribution is -0.192. The third-order valence-electron chi connectivity index (χ3n) is 4.98. The van der Waals surface area contributed by atoms with Crippen LogP contribution in [0.2, 0.25) is 0 Å². The number of ether oxygens (including phenoxy) is 1. The number of carbonyl (C=O) groups excluding carboxylic acids is 1. The van der Waals surface area contributed by atoms with Crippen LogP contribution in [0.15, 0.2) is 35.3 Å². The fourth-order valence-electron chi connectivity index (χ4n) is 3.44. The second-order valence-electron chi connectivity index (χ2n) is 7.00. The molecule has 12 heteroatoms. The number of carboxylic acids is 1. The van der Waals surface area contributed by atoms with Gasteiger partial charge in [-0.15, -0.1) is 0 Å². The van der Waals surface area contributed by atoms with Crippen molar-refractivity contribution in [2.24, 2.45) is 11.3 Å². The Labute approximate surface area is 173 Å². The minimum absolute atomic E-state index is 0.0133. The van der Waals surface area contributed by atoms with E-state index in [2.05, 4.69) is 20.2 Å². The minimum atomic E-state index is -5.08. The van der Waals surface area contributed by atoms with Crippen molar-refractivity contribution in [1.82, 2.24) is 15.3 Å². The topological polar surface area (TPSA) is 105 Å². The molecular weight excluding hydrogens is 425 g/mol. The molecule has 0 radical (unpaired) electrons. The van der Waals surface area contributed by atoms with Crippen molar-refractivity contribution in [3.05, 3.63) is 40.8 Å². The number of thiophene rings is 1. The number of amides is 1. The van der Waals surface area contributed by atoms with E-state index in [9.17, 15) is 18.0 Å². The van der Waals surface area contributed by atoms with E-state index < -0.39 is 12.1 Å². The normalized spacial score (nSPS) is 22.8. The van der Waals surface area contributed by atoms with Crippen LogP contribution in [0, 0.1) is 11.3 Å². The van der Waals surface area contributed by atoms with E-state index in [0.29, 0.717) is 19.1 Å². The number of aromatic nitrogens is 2. The molecule has 2 atom stereocenters. The third kappa shape index (κ3) is 5.05. The molecule has 2 aromatic rings. The maximum Gasteiger partial charge on any atom is 0.490 e. The van der Waals surface area contributed by atoms with Gasteiger partial charge < -0.3 is 20.1 Å². The van der Waals surface area contributed by atoms with Crippen molar-refractivity contribution in [3.8, 4) is 0 Å². The van der Waals surface area contributed by atoms with Crippen molar-refractivity contribution >= 4 is 29.2 Å². The molecule has 2 aliphatic heterocycles. The van der Waals surface area contributed by atoms with Crippen molar-refractivity contribution in [2.75, 3.05) is 37.7 Å². The Kier molecular flexibility index (Phi) is 6.56. The lowest BCUT2D eigenvalue weighted by Crippen LogP contribution is -2.43. The predicted octanol–water partition coefficient (Wildman–Crippen LogP) is 2.05. The number of nitrogens with one attached hydrogen (secondary N) is 1. The number of fused-ring (bicyclic) bond motifs is 1. The third-order valence-corrected chi connectivity index (χ3v) is 5.67. The van der Waals surface area contributed by atoms with E-state index in [1.165, 1.54) is 11.3 Å². The molecule has 30 heavy (non-hydrogen) atoms. The molecule has 0 aliphatic carbocycles. The van der Waals surface area contributed by atoms with Crippen LogP contribution in [0.1, 0.15) is 10.4 Å². The molecule has 1 amide bonds. The SMILES string of the molecule is O=C(NC[C@]12COC[C@H]1CN(c1ncccn1)C2)c1ccsc1.O=C(O)C(F)(F)F. The molecule has 162 valence electrons. The first-order valence-electron chi connectivity index (χ1n) is 8.91. The molecule has 2 N–H and O–H groups in total. The largest absolute Gasteiger partial charge is 0.490 e. The number of halogens is 3. The van der Waals surface area contributed by atoms with Crippen LogP contribution in [0.5, 0.6) is 0 Å². The van der Waals surface area contributed by atoms with E-state index in [0.717, 1.165) is 31.2 Å². The van der Waals surface area contributed by atoms with E-state index in [1.54, 1.807) is 12.4 Å². The number of carboxylic acid groups (broad SMARTS) is 1. The zero-order chi connectivity index (χ0) is 21.8. The summed E-state index contributed by atoms with van der Waals surface area (Å²) >= 11 is 1.53. The first-order valence-corrected chi connectivity index (χ1v) is 9.86. The summed E-state index contributed by atoms with van der Waals surface area (Å²) in [4.78, 5) is 32.0. The average Bonchev–Trinajstić information content (AvgIpc) is 3.42. The zero-order valence-corrected chi connectivity index (χ0v) is 16.4. The van der Waals surface area contributed by atoms with Gasteiger partial charge in [-0.1, -0.05) is 0 Å². The van der Waals surface area contributed by atoms with Gasteiger partial charge in [-0.25, -0.2) is 14.8 Å². The molecule has 4 heterocycles. The minimum Gasteiger partial charge on any atom is -0.475 e. The Morgan fingerprint density at radius 2 is 2.07 bits per heavy atom. The molecule has 0 bridgehead atoms. The van der Waals surface area contributed by atoms with Gasteiger partial charge in [0.15, 0.2) is 0 Å². The van der Waals surface area contributed by atoms with Gasteiger partial charge in [0.05, 0.1) is 13.2 Å². The first kappa shape index (κ1) is 22.0. The van der Waals surface area contributed by atoms with Crippen molar-refractivity contribution in [2.45, 2.75) is 6.18 Å². The van der Waals surface area contributed by atoms with Gasteiger partial charge in [0.2, 0.25) is 5.95 Å². The number of aliphatic carboxylic acids is 1. The highest BCUT2D eigenvalue weighted by Gasteiger charge is 2.51. The number of rotatable bonds is 4. The molecule has 2 aromatic heterocycles. The summed E-state index contributed by atoms with van der Waals surface area (Å²) in [5.41, 5.74) is 0.674. The maximum absolute atomic E-state index is 12.2. The van der Waals surface area contributed by atoms with Gasteiger partial charge in [0.25, 0.3) is 5.91 Å². The van der Waals surface area contributed by atoms with Gasteiger partial charge in [0.1, 0.15) is 0 Å². The molecule has 2 fully saturated rings. The Bertz CT molecular complexity index is 866. The molecular formula is C18H19F3N4O4S. The van der Waals surface area contributed by atoms with E-state index >= 15 is 0 Å². The Morgan fingerprint density at radius 3 is 2.67 bits per heavy atom. The highest BCUT2D eigenvalue weighted by Crippen LogP contribution is 2.41. The van der Waals surface area contributed by atoms with E-state index in [-0.39, 0.29) is 11.3 Å².